The third kappa shape index (κ3) is 4.00. The van der Waals surface area contributed by atoms with E-state index in [1.807, 2.05) is 24.3 Å². The lowest BCUT2D eigenvalue weighted by atomic mass is 10.2. The van der Waals surface area contributed by atoms with Crippen LogP contribution in [-0.2, 0) is 6.61 Å². The zero-order valence-electron chi connectivity index (χ0n) is 14.2. The molecule has 0 unspecified atom stereocenters. The molecule has 0 aliphatic carbocycles. The Morgan fingerprint density at radius 2 is 1.40 bits per heavy atom. The average Bonchev–Trinajstić information content (AvgIpc) is 3.15. The lowest BCUT2D eigenvalue weighted by molar-refractivity contribution is 0.241. The minimum absolute atomic E-state index is 0.138. The van der Waals surface area contributed by atoms with Gasteiger partial charge in [-0.1, -0.05) is 5.16 Å². The molecule has 25 heavy (non-hydrogen) atoms. The fraction of sp³-hybridized carbons (Fsp3) is 0.222. The Hall–Kier alpha value is -3.22. The molecule has 0 saturated carbocycles. The van der Waals surface area contributed by atoms with Crippen molar-refractivity contribution < 1.29 is 23.5 Å². The SMILES string of the molecule is COc1ccc(-c2noc(COc3cc(OC)cc(OC)c3)n2)cc1. The lowest BCUT2D eigenvalue weighted by Gasteiger charge is -2.08. The van der Waals surface area contributed by atoms with Crippen molar-refractivity contribution in [2.45, 2.75) is 6.61 Å². The maximum absolute atomic E-state index is 5.69. The van der Waals surface area contributed by atoms with Crippen molar-refractivity contribution >= 4 is 0 Å². The molecular formula is C18H18N2O5. The molecular weight excluding hydrogens is 324 g/mol. The number of nitrogens with zero attached hydrogens (tertiary/aromatic N) is 2. The Morgan fingerprint density at radius 3 is 2.00 bits per heavy atom. The Balaban J connectivity index is 1.69. The van der Waals surface area contributed by atoms with Crippen molar-refractivity contribution in [3.05, 3.63) is 48.4 Å². The first-order valence-corrected chi connectivity index (χ1v) is 7.54. The number of methoxy groups -OCH3 is 3. The van der Waals surface area contributed by atoms with Crippen LogP contribution in [0.25, 0.3) is 11.4 Å². The van der Waals surface area contributed by atoms with Crippen molar-refractivity contribution in [3.63, 3.8) is 0 Å². The summed E-state index contributed by atoms with van der Waals surface area (Å²) in [6, 6.07) is 12.7. The normalized spacial score (nSPS) is 10.4. The Labute approximate surface area is 145 Å². The smallest absolute Gasteiger partial charge is 0.264 e. The summed E-state index contributed by atoms with van der Waals surface area (Å²) >= 11 is 0. The molecule has 0 spiro atoms. The zero-order chi connectivity index (χ0) is 17.6. The molecule has 1 heterocycles. The molecule has 130 valence electrons. The second kappa shape index (κ2) is 7.57. The first-order valence-electron chi connectivity index (χ1n) is 7.54. The second-order valence-electron chi connectivity index (χ2n) is 5.08. The predicted molar refractivity (Wildman–Crippen MR) is 90.2 cm³/mol. The van der Waals surface area contributed by atoms with Crippen LogP contribution < -0.4 is 18.9 Å². The number of benzene rings is 2. The van der Waals surface area contributed by atoms with Gasteiger partial charge in [-0.05, 0) is 24.3 Å². The van der Waals surface area contributed by atoms with Crippen molar-refractivity contribution in [2.75, 3.05) is 21.3 Å². The fourth-order valence-corrected chi connectivity index (χ4v) is 2.18. The van der Waals surface area contributed by atoms with Crippen LogP contribution in [0.5, 0.6) is 23.0 Å². The summed E-state index contributed by atoms with van der Waals surface area (Å²) in [5.41, 5.74) is 0.832. The van der Waals surface area contributed by atoms with Crippen LogP contribution in [0.2, 0.25) is 0 Å². The van der Waals surface area contributed by atoms with Crippen molar-refractivity contribution in [1.82, 2.24) is 10.1 Å². The summed E-state index contributed by atoms with van der Waals surface area (Å²) < 4.78 is 26.5. The van der Waals surface area contributed by atoms with E-state index in [0.29, 0.717) is 29.0 Å². The molecule has 0 aliphatic heterocycles. The van der Waals surface area contributed by atoms with Crippen LogP contribution in [0, 0.1) is 0 Å². The molecule has 0 saturated heterocycles. The van der Waals surface area contributed by atoms with Gasteiger partial charge in [0.05, 0.1) is 21.3 Å². The average molecular weight is 342 g/mol. The largest absolute Gasteiger partial charge is 0.497 e. The van der Waals surface area contributed by atoms with E-state index < -0.39 is 0 Å². The highest BCUT2D eigenvalue weighted by Crippen LogP contribution is 2.28. The van der Waals surface area contributed by atoms with Gasteiger partial charge in [0.1, 0.15) is 23.0 Å². The maximum atomic E-state index is 5.69. The molecule has 7 nitrogen and oxygen atoms in total. The summed E-state index contributed by atoms with van der Waals surface area (Å²) in [7, 11) is 4.78. The lowest BCUT2D eigenvalue weighted by Crippen LogP contribution is -1.97. The van der Waals surface area contributed by atoms with Gasteiger partial charge >= 0.3 is 0 Å². The van der Waals surface area contributed by atoms with Gasteiger partial charge < -0.3 is 23.5 Å². The van der Waals surface area contributed by atoms with Gasteiger partial charge in [0.15, 0.2) is 6.61 Å². The molecule has 0 radical (unpaired) electrons. The molecule has 0 fully saturated rings. The first-order chi connectivity index (χ1) is 12.2. The molecule has 2 aromatic carbocycles. The van der Waals surface area contributed by atoms with Crippen molar-refractivity contribution in [1.29, 1.82) is 0 Å². The number of aromatic nitrogens is 2. The number of rotatable bonds is 7. The number of hydrogen-bond donors (Lipinski definition) is 0. The molecule has 1 aromatic heterocycles. The van der Waals surface area contributed by atoms with Gasteiger partial charge in [-0.3, -0.25) is 0 Å². The molecule has 0 atom stereocenters. The summed E-state index contributed by atoms with van der Waals surface area (Å²) in [4.78, 5) is 4.33. The summed E-state index contributed by atoms with van der Waals surface area (Å²) in [5, 5.41) is 3.97. The Morgan fingerprint density at radius 1 is 0.800 bits per heavy atom. The van der Waals surface area contributed by atoms with E-state index in [2.05, 4.69) is 10.1 Å². The summed E-state index contributed by atoms with van der Waals surface area (Å²) in [5.74, 6) is 3.48. The van der Waals surface area contributed by atoms with Gasteiger partial charge in [-0.25, -0.2) is 0 Å². The molecule has 3 aromatic rings. The minimum atomic E-state index is 0.138. The highest BCUT2D eigenvalue weighted by Gasteiger charge is 2.10. The van der Waals surface area contributed by atoms with Crippen LogP contribution in [0.1, 0.15) is 5.89 Å². The van der Waals surface area contributed by atoms with Gasteiger partial charge in [0.25, 0.3) is 5.89 Å². The van der Waals surface area contributed by atoms with Crippen molar-refractivity contribution in [3.8, 4) is 34.4 Å². The molecule has 0 aliphatic rings. The highest BCUT2D eigenvalue weighted by molar-refractivity contribution is 5.55. The van der Waals surface area contributed by atoms with Crippen LogP contribution in [0.3, 0.4) is 0 Å². The highest BCUT2D eigenvalue weighted by atomic mass is 16.5. The van der Waals surface area contributed by atoms with Crippen LogP contribution in [-0.4, -0.2) is 31.5 Å². The topological polar surface area (TPSA) is 75.8 Å². The van der Waals surface area contributed by atoms with Crippen molar-refractivity contribution in [2.24, 2.45) is 0 Å². The van der Waals surface area contributed by atoms with E-state index in [-0.39, 0.29) is 6.61 Å². The summed E-state index contributed by atoms with van der Waals surface area (Å²) in [6.07, 6.45) is 0. The maximum Gasteiger partial charge on any atom is 0.264 e. The second-order valence-corrected chi connectivity index (χ2v) is 5.08. The third-order valence-corrected chi connectivity index (χ3v) is 3.50. The molecule has 3 rings (SSSR count). The van der Waals surface area contributed by atoms with E-state index in [4.69, 9.17) is 23.5 Å². The Kier molecular flexibility index (Phi) is 5.03. The first kappa shape index (κ1) is 16.6. The fourth-order valence-electron chi connectivity index (χ4n) is 2.18. The molecule has 0 bridgehead atoms. The zero-order valence-corrected chi connectivity index (χ0v) is 14.2. The predicted octanol–water partition coefficient (Wildman–Crippen LogP) is 3.34. The standard InChI is InChI=1S/C18H18N2O5/c1-21-13-6-4-12(5-7-13)18-19-17(25-20-18)11-24-16-9-14(22-2)8-15(10-16)23-3/h4-10H,11H2,1-3H3. The molecule has 0 N–H and O–H groups in total. The third-order valence-electron chi connectivity index (χ3n) is 3.50. The van der Waals surface area contributed by atoms with Gasteiger partial charge in [-0.15, -0.1) is 0 Å². The van der Waals surface area contributed by atoms with E-state index in [0.717, 1.165) is 11.3 Å². The Bertz CT molecular complexity index is 807. The van der Waals surface area contributed by atoms with E-state index in [9.17, 15) is 0 Å². The van der Waals surface area contributed by atoms with Crippen LogP contribution in [0.15, 0.2) is 47.0 Å². The van der Waals surface area contributed by atoms with E-state index >= 15 is 0 Å². The number of ether oxygens (including phenoxy) is 4. The van der Waals surface area contributed by atoms with E-state index in [1.54, 1.807) is 39.5 Å². The monoisotopic (exact) mass is 342 g/mol. The van der Waals surface area contributed by atoms with Gasteiger partial charge in [-0.2, -0.15) is 4.98 Å². The quantitative estimate of drug-likeness (QED) is 0.652. The van der Waals surface area contributed by atoms with Crippen LogP contribution >= 0.6 is 0 Å². The molecule has 7 heteroatoms. The molecule has 0 amide bonds. The summed E-state index contributed by atoms with van der Waals surface area (Å²) in [6.45, 7) is 0.138. The van der Waals surface area contributed by atoms with Crippen LogP contribution in [0.4, 0.5) is 0 Å². The minimum Gasteiger partial charge on any atom is -0.497 e. The van der Waals surface area contributed by atoms with Gasteiger partial charge in [0, 0.05) is 23.8 Å². The van der Waals surface area contributed by atoms with E-state index in [1.165, 1.54) is 0 Å². The van der Waals surface area contributed by atoms with Gasteiger partial charge in [0.2, 0.25) is 5.82 Å². The number of hydrogen-bond acceptors (Lipinski definition) is 7.